The second kappa shape index (κ2) is 9.33. The van der Waals surface area contributed by atoms with Crippen LogP contribution in [0.3, 0.4) is 0 Å². The van der Waals surface area contributed by atoms with Crippen LogP contribution in [0.4, 0.5) is 0 Å². The number of carboxylic acids is 1. The molecule has 0 saturated carbocycles. The number of thioether (sulfide) groups is 2. The number of fused-ring (bicyclic) bond motifs is 1. The number of aliphatic hydroxyl groups excluding tert-OH is 1. The largest absolute Gasteiger partial charge is 0.477 e. The van der Waals surface area contributed by atoms with Crippen molar-refractivity contribution in [3.05, 3.63) is 22.1 Å². The molecule has 0 aromatic carbocycles. The Bertz CT molecular complexity index is 782. The Labute approximate surface area is 185 Å². The van der Waals surface area contributed by atoms with Gasteiger partial charge in [0.1, 0.15) is 5.70 Å². The molecule has 3 heterocycles. The van der Waals surface area contributed by atoms with E-state index in [2.05, 4.69) is 5.32 Å². The molecule has 2 fully saturated rings. The zero-order valence-electron chi connectivity index (χ0n) is 17.6. The van der Waals surface area contributed by atoms with Crippen molar-refractivity contribution in [2.24, 2.45) is 11.8 Å². The number of rotatable bonds is 8. The van der Waals surface area contributed by atoms with E-state index in [1.807, 2.05) is 6.92 Å². The van der Waals surface area contributed by atoms with Crippen LogP contribution in [0.2, 0.25) is 0 Å². The van der Waals surface area contributed by atoms with Gasteiger partial charge in [0.2, 0.25) is 11.8 Å². The minimum absolute atomic E-state index is 0.0478. The lowest BCUT2D eigenvalue weighted by atomic mass is 9.79. The van der Waals surface area contributed by atoms with E-state index in [1.54, 1.807) is 56.0 Å². The minimum atomic E-state index is -1.09. The van der Waals surface area contributed by atoms with Crippen molar-refractivity contribution in [1.82, 2.24) is 15.1 Å². The van der Waals surface area contributed by atoms with E-state index in [1.165, 1.54) is 9.80 Å². The first kappa shape index (κ1) is 23.2. The summed E-state index contributed by atoms with van der Waals surface area (Å²) in [4.78, 5) is 39.5. The third kappa shape index (κ3) is 4.42. The molecule has 0 aromatic rings. The number of carboxylic acid groups (broad SMARTS) is 1. The fourth-order valence-corrected chi connectivity index (χ4v) is 6.61. The van der Waals surface area contributed by atoms with Gasteiger partial charge in [-0.15, -0.1) is 23.5 Å². The van der Waals surface area contributed by atoms with Gasteiger partial charge >= 0.3 is 5.97 Å². The molecule has 3 rings (SSSR count). The van der Waals surface area contributed by atoms with Crippen molar-refractivity contribution in [3.63, 3.8) is 0 Å². The van der Waals surface area contributed by atoms with Crippen LogP contribution in [0.5, 0.6) is 0 Å². The molecule has 0 bridgehead atoms. The van der Waals surface area contributed by atoms with Gasteiger partial charge in [-0.2, -0.15) is 0 Å². The third-order valence-corrected chi connectivity index (χ3v) is 8.27. The fraction of sp³-hybridized carbons (Fsp3) is 0.650. The Morgan fingerprint density at radius 3 is 2.70 bits per heavy atom. The summed E-state index contributed by atoms with van der Waals surface area (Å²) in [5.41, 5.74) is 0.0855. The van der Waals surface area contributed by atoms with E-state index in [0.717, 1.165) is 23.6 Å². The van der Waals surface area contributed by atoms with Crippen molar-refractivity contribution in [3.8, 4) is 0 Å². The smallest absolute Gasteiger partial charge is 0.353 e. The van der Waals surface area contributed by atoms with Gasteiger partial charge in [-0.1, -0.05) is 6.92 Å². The van der Waals surface area contributed by atoms with Crippen LogP contribution in [0.15, 0.2) is 22.1 Å². The number of β-lactam (4-membered cyclic amide) rings is 1. The standard InChI is InChI=1S/C20H29N3O5S2/c1-10-16-15(11(2)24)19(26)23(16)17(20(27)28)18(10)30-13-7-12(21-8-13)9-29-6-5-14(25)22(3)4/h5-6,10-13,15-16,21,24H,7-9H2,1-4H3,(H,27,28)/b6-5+/t10-,11-,12+,13+,15-,16?/m1/s1. The van der Waals surface area contributed by atoms with Crippen LogP contribution in [-0.2, 0) is 14.4 Å². The number of aliphatic carboxylic acids is 1. The second-order valence-corrected chi connectivity index (χ2v) is 10.5. The molecule has 8 nitrogen and oxygen atoms in total. The van der Waals surface area contributed by atoms with Crippen molar-refractivity contribution < 1.29 is 24.6 Å². The zero-order valence-corrected chi connectivity index (χ0v) is 19.2. The molecule has 2 amide bonds. The van der Waals surface area contributed by atoms with Gasteiger partial charge in [0, 0.05) is 54.6 Å². The van der Waals surface area contributed by atoms with E-state index < -0.39 is 18.0 Å². The van der Waals surface area contributed by atoms with E-state index in [0.29, 0.717) is 0 Å². The lowest BCUT2D eigenvalue weighted by molar-refractivity contribution is -0.163. The van der Waals surface area contributed by atoms with Gasteiger partial charge in [-0.3, -0.25) is 9.59 Å². The van der Waals surface area contributed by atoms with Gasteiger partial charge in [0.05, 0.1) is 18.1 Å². The van der Waals surface area contributed by atoms with Crippen molar-refractivity contribution in [1.29, 1.82) is 0 Å². The van der Waals surface area contributed by atoms with Crippen LogP contribution in [0, 0.1) is 11.8 Å². The molecule has 166 valence electrons. The SMILES string of the molecule is C[C@H]1C(S[C@@H]2CN[C@H](CS/C=C/C(=O)N(C)C)C2)=C(C(=O)O)N2C(=O)[C@H]([C@@H](C)O)C12. The summed E-state index contributed by atoms with van der Waals surface area (Å²) in [6, 6.07) is 0.00672. The molecule has 3 aliphatic rings. The number of carbonyl (C=O) groups is 3. The summed E-state index contributed by atoms with van der Waals surface area (Å²) in [6.45, 7) is 4.29. The Hall–Kier alpha value is -1.49. The van der Waals surface area contributed by atoms with E-state index >= 15 is 0 Å². The molecule has 2 saturated heterocycles. The number of aliphatic hydroxyl groups is 1. The number of nitrogens with zero attached hydrogens (tertiary/aromatic N) is 2. The molecule has 30 heavy (non-hydrogen) atoms. The van der Waals surface area contributed by atoms with Gasteiger partial charge in [0.15, 0.2) is 0 Å². The minimum Gasteiger partial charge on any atom is -0.477 e. The third-order valence-electron chi connectivity index (χ3n) is 5.83. The van der Waals surface area contributed by atoms with Gasteiger partial charge < -0.3 is 25.3 Å². The monoisotopic (exact) mass is 455 g/mol. The summed E-state index contributed by atoms with van der Waals surface area (Å²) in [5, 5.41) is 25.2. The number of likely N-dealkylation sites (N-methyl/N-ethyl adjacent to an activating group) is 1. The highest BCUT2D eigenvalue weighted by atomic mass is 32.2. The zero-order chi connectivity index (χ0) is 22.2. The maximum absolute atomic E-state index is 12.4. The first-order chi connectivity index (χ1) is 14.1. The molecule has 0 aromatic heterocycles. The number of carbonyl (C=O) groups excluding carboxylic acids is 2. The maximum atomic E-state index is 12.4. The average molecular weight is 456 g/mol. The summed E-state index contributed by atoms with van der Waals surface area (Å²) in [5.74, 6) is -1.24. The second-order valence-electron chi connectivity index (χ2n) is 8.22. The first-order valence-electron chi connectivity index (χ1n) is 10.0. The Morgan fingerprint density at radius 2 is 2.10 bits per heavy atom. The molecule has 6 atom stereocenters. The lowest BCUT2D eigenvalue weighted by Gasteiger charge is -2.46. The summed E-state index contributed by atoms with van der Waals surface area (Å²) < 4.78 is 0. The number of nitrogens with one attached hydrogen (secondary N) is 1. The van der Waals surface area contributed by atoms with Crippen molar-refractivity contribution >= 4 is 41.3 Å². The van der Waals surface area contributed by atoms with E-state index in [4.69, 9.17) is 0 Å². The maximum Gasteiger partial charge on any atom is 0.353 e. The summed E-state index contributed by atoms with van der Waals surface area (Å²) in [7, 11) is 3.42. The van der Waals surface area contributed by atoms with Gasteiger partial charge in [-0.05, 0) is 18.8 Å². The van der Waals surface area contributed by atoms with Crippen LogP contribution in [0.25, 0.3) is 0 Å². The molecule has 0 spiro atoms. The average Bonchev–Trinajstić information content (AvgIpc) is 3.20. The van der Waals surface area contributed by atoms with Crippen LogP contribution in [-0.4, -0.2) is 87.6 Å². The topological polar surface area (TPSA) is 110 Å². The molecule has 3 N–H and O–H groups in total. The van der Waals surface area contributed by atoms with Crippen LogP contribution < -0.4 is 5.32 Å². The number of hydrogen-bond acceptors (Lipinski definition) is 7. The molecular formula is C20H29N3O5S2. The summed E-state index contributed by atoms with van der Waals surface area (Å²) >= 11 is 3.12. The lowest BCUT2D eigenvalue weighted by Crippen LogP contribution is -2.63. The highest BCUT2D eigenvalue weighted by molar-refractivity contribution is 8.03. The highest BCUT2D eigenvalue weighted by Gasteiger charge is 2.60. The van der Waals surface area contributed by atoms with Crippen LogP contribution >= 0.6 is 23.5 Å². The van der Waals surface area contributed by atoms with Crippen molar-refractivity contribution in [2.75, 3.05) is 26.4 Å². The Morgan fingerprint density at radius 1 is 1.40 bits per heavy atom. The van der Waals surface area contributed by atoms with E-state index in [-0.39, 0.29) is 40.8 Å². The molecule has 0 aliphatic carbocycles. The van der Waals surface area contributed by atoms with Gasteiger partial charge in [0.25, 0.3) is 0 Å². The highest BCUT2D eigenvalue weighted by Crippen LogP contribution is 2.51. The first-order valence-corrected chi connectivity index (χ1v) is 11.9. The molecule has 0 radical (unpaired) electrons. The predicted molar refractivity (Wildman–Crippen MR) is 118 cm³/mol. The molecule has 10 heteroatoms. The number of hydrogen-bond donors (Lipinski definition) is 3. The normalized spacial score (nSPS) is 31.8. The van der Waals surface area contributed by atoms with Crippen molar-refractivity contribution in [2.45, 2.75) is 43.7 Å². The van der Waals surface area contributed by atoms with Gasteiger partial charge in [-0.25, -0.2) is 4.79 Å². The van der Waals surface area contributed by atoms with Crippen LogP contribution in [0.1, 0.15) is 20.3 Å². The molecule has 3 aliphatic heterocycles. The van der Waals surface area contributed by atoms with E-state index in [9.17, 15) is 24.6 Å². The predicted octanol–water partition coefficient (Wildman–Crippen LogP) is 0.939. The Kier molecular flexibility index (Phi) is 7.21. The molecular weight excluding hydrogens is 426 g/mol. The summed E-state index contributed by atoms with van der Waals surface area (Å²) in [6.07, 6.45) is 1.65. The number of amides is 2. The quantitative estimate of drug-likeness (QED) is 0.366. The Balaban J connectivity index is 1.59. The molecule has 1 unspecified atom stereocenters. The fourth-order valence-electron chi connectivity index (χ4n) is 4.28.